The first-order valence-electron chi connectivity index (χ1n) is 7.31. The molecule has 0 aromatic heterocycles. The van der Waals surface area contributed by atoms with Crippen LogP contribution in [-0.2, 0) is 23.0 Å². The van der Waals surface area contributed by atoms with Gasteiger partial charge in [0.05, 0.1) is 4.90 Å². The quantitative estimate of drug-likeness (QED) is 0.913. The molecule has 2 rings (SSSR count). The van der Waals surface area contributed by atoms with Gasteiger partial charge >= 0.3 is 6.03 Å². The Kier molecular flexibility index (Phi) is 4.77. The van der Waals surface area contributed by atoms with E-state index in [0.29, 0.717) is 13.1 Å². The van der Waals surface area contributed by atoms with E-state index < -0.39 is 10.0 Å². The normalized spacial score (nSPS) is 14.9. The molecule has 0 saturated carbocycles. The summed E-state index contributed by atoms with van der Waals surface area (Å²) in [5.41, 5.74) is 2.00. The molecule has 0 aliphatic carbocycles. The number of carbonyl (C=O) groups excluding carboxylic acids is 1. The number of carbonyl (C=O) groups is 1. The molecule has 1 aromatic carbocycles. The average molecular weight is 325 g/mol. The lowest BCUT2D eigenvalue weighted by Gasteiger charge is -2.31. The van der Waals surface area contributed by atoms with Gasteiger partial charge in [-0.15, -0.1) is 0 Å². The van der Waals surface area contributed by atoms with Crippen LogP contribution in [0.3, 0.4) is 0 Å². The first kappa shape index (κ1) is 16.8. The van der Waals surface area contributed by atoms with Gasteiger partial charge in [0.1, 0.15) is 0 Å². The summed E-state index contributed by atoms with van der Waals surface area (Å²) in [5, 5.41) is 0. The summed E-state index contributed by atoms with van der Waals surface area (Å²) >= 11 is 0. The van der Waals surface area contributed by atoms with Crippen LogP contribution in [0.4, 0.5) is 4.79 Å². The number of hydrogen-bond donors (Lipinski definition) is 1. The second-order valence-corrected chi connectivity index (χ2v) is 7.77. The summed E-state index contributed by atoms with van der Waals surface area (Å²) in [5.74, 6) is 0. The molecule has 1 heterocycles. The van der Waals surface area contributed by atoms with Gasteiger partial charge in [-0.2, -0.15) is 0 Å². The van der Waals surface area contributed by atoms with E-state index in [1.54, 1.807) is 45.0 Å². The second kappa shape index (κ2) is 6.26. The molecule has 0 radical (unpaired) electrons. The maximum absolute atomic E-state index is 12.3. The lowest BCUT2D eigenvalue weighted by atomic mass is 10.0. The SMILES string of the molecule is CC(C)NS(=O)(=O)c1ccc2c(c1)CN(C(=O)N(C)C)CC2. The summed E-state index contributed by atoms with van der Waals surface area (Å²) in [6, 6.07) is 4.94. The maximum Gasteiger partial charge on any atom is 0.319 e. The first-order valence-corrected chi connectivity index (χ1v) is 8.79. The minimum Gasteiger partial charge on any atom is -0.331 e. The second-order valence-electron chi connectivity index (χ2n) is 6.06. The Morgan fingerprint density at radius 3 is 2.55 bits per heavy atom. The molecule has 0 spiro atoms. The molecule has 122 valence electrons. The largest absolute Gasteiger partial charge is 0.331 e. The number of fused-ring (bicyclic) bond motifs is 1. The summed E-state index contributed by atoms with van der Waals surface area (Å²) in [6.45, 7) is 4.67. The molecule has 0 bridgehead atoms. The molecule has 22 heavy (non-hydrogen) atoms. The van der Waals surface area contributed by atoms with Crippen LogP contribution in [0.1, 0.15) is 25.0 Å². The molecule has 0 fully saturated rings. The molecule has 2 amide bonds. The first-order chi connectivity index (χ1) is 10.2. The number of nitrogens with zero attached hydrogens (tertiary/aromatic N) is 2. The van der Waals surface area contributed by atoms with Gasteiger partial charge < -0.3 is 9.80 Å². The zero-order valence-corrected chi connectivity index (χ0v) is 14.3. The third kappa shape index (κ3) is 3.59. The van der Waals surface area contributed by atoms with Crippen molar-refractivity contribution in [1.29, 1.82) is 0 Å². The Hall–Kier alpha value is -1.60. The molecular weight excluding hydrogens is 302 g/mol. The van der Waals surface area contributed by atoms with Crippen LogP contribution in [0.25, 0.3) is 0 Å². The monoisotopic (exact) mass is 325 g/mol. The summed E-state index contributed by atoms with van der Waals surface area (Å²) in [4.78, 5) is 15.6. The van der Waals surface area contributed by atoms with Crippen molar-refractivity contribution >= 4 is 16.1 Å². The van der Waals surface area contributed by atoms with E-state index in [2.05, 4.69) is 4.72 Å². The van der Waals surface area contributed by atoms with Gasteiger partial charge in [0.25, 0.3) is 0 Å². The molecule has 1 aliphatic heterocycles. The van der Waals surface area contributed by atoms with Crippen molar-refractivity contribution in [3.05, 3.63) is 29.3 Å². The highest BCUT2D eigenvalue weighted by Crippen LogP contribution is 2.23. The van der Waals surface area contributed by atoms with Gasteiger partial charge in [-0.1, -0.05) is 6.07 Å². The van der Waals surface area contributed by atoms with E-state index in [1.165, 1.54) is 4.90 Å². The fraction of sp³-hybridized carbons (Fsp3) is 0.533. The Bertz CT molecular complexity index is 669. The van der Waals surface area contributed by atoms with Crippen LogP contribution in [0.2, 0.25) is 0 Å². The highest BCUT2D eigenvalue weighted by atomic mass is 32.2. The summed E-state index contributed by atoms with van der Waals surface area (Å²) < 4.78 is 27.1. The highest BCUT2D eigenvalue weighted by Gasteiger charge is 2.24. The van der Waals surface area contributed by atoms with Crippen LogP contribution >= 0.6 is 0 Å². The highest BCUT2D eigenvalue weighted by molar-refractivity contribution is 7.89. The van der Waals surface area contributed by atoms with Crippen molar-refractivity contribution in [2.45, 2.75) is 37.8 Å². The Morgan fingerprint density at radius 2 is 1.95 bits per heavy atom. The zero-order valence-electron chi connectivity index (χ0n) is 13.5. The van der Waals surface area contributed by atoms with Gasteiger partial charge in [0.2, 0.25) is 10.0 Å². The summed E-state index contributed by atoms with van der Waals surface area (Å²) in [7, 11) is -0.0838. The van der Waals surface area contributed by atoms with Crippen LogP contribution < -0.4 is 4.72 Å². The summed E-state index contributed by atoms with van der Waals surface area (Å²) in [6.07, 6.45) is 0.743. The van der Waals surface area contributed by atoms with E-state index in [-0.39, 0.29) is 17.0 Å². The molecule has 0 unspecified atom stereocenters. The van der Waals surface area contributed by atoms with Crippen molar-refractivity contribution in [3.63, 3.8) is 0 Å². The molecule has 0 atom stereocenters. The molecule has 1 aromatic rings. The third-order valence-electron chi connectivity index (χ3n) is 3.54. The number of hydrogen-bond acceptors (Lipinski definition) is 3. The molecule has 0 saturated heterocycles. The number of rotatable bonds is 3. The number of benzene rings is 1. The maximum atomic E-state index is 12.3. The van der Waals surface area contributed by atoms with Gasteiger partial charge in [-0.05, 0) is 43.5 Å². The molecule has 1 aliphatic rings. The van der Waals surface area contributed by atoms with E-state index >= 15 is 0 Å². The topological polar surface area (TPSA) is 69.7 Å². The minimum absolute atomic E-state index is 0.0563. The minimum atomic E-state index is -3.51. The predicted molar refractivity (Wildman–Crippen MR) is 85.1 cm³/mol. The van der Waals surface area contributed by atoms with Gasteiger partial charge in [0, 0.05) is 33.2 Å². The van der Waals surface area contributed by atoms with Crippen molar-refractivity contribution in [3.8, 4) is 0 Å². The standard InChI is InChI=1S/C15H23N3O3S/c1-11(2)16-22(20,21)14-6-5-12-7-8-18(10-13(12)9-14)15(19)17(3)4/h5-6,9,11,16H,7-8,10H2,1-4H3. The average Bonchev–Trinajstić information content (AvgIpc) is 2.43. The molecule has 6 nitrogen and oxygen atoms in total. The Morgan fingerprint density at radius 1 is 1.27 bits per heavy atom. The fourth-order valence-electron chi connectivity index (χ4n) is 2.53. The molecule has 7 heteroatoms. The van der Waals surface area contributed by atoms with Crippen LogP contribution in [-0.4, -0.2) is 50.9 Å². The zero-order chi connectivity index (χ0) is 16.5. The fourth-order valence-corrected chi connectivity index (χ4v) is 3.83. The van der Waals surface area contributed by atoms with E-state index in [1.807, 2.05) is 6.07 Å². The van der Waals surface area contributed by atoms with E-state index in [4.69, 9.17) is 0 Å². The van der Waals surface area contributed by atoms with Crippen molar-refractivity contribution in [1.82, 2.24) is 14.5 Å². The Labute approximate surface area is 132 Å². The lowest BCUT2D eigenvalue weighted by molar-refractivity contribution is 0.165. The van der Waals surface area contributed by atoms with Crippen molar-refractivity contribution in [2.24, 2.45) is 0 Å². The number of amides is 2. The van der Waals surface area contributed by atoms with Crippen LogP contribution in [0.15, 0.2) is 23.1 Å². The van der Waals surface area contributed by atoms with Gasteiger partial charge in [-0.25, -0.2) is 17.9 Å². The van der Waals surface area contributed by atoms with Crippen molar-refractivity contribution < 1.29 is 13.2 Å². The van der Waals surface area contributed by atoms with Crippen molar-refractivity contribution in [2.75, 3.05) is 20.6 Å². The predicted octanol–water partition coefficient (Wildman–Crippen LogP) is 1.41. The third-order valence-corrected chi connectivity index (χ3v) is 5.20. The number of sulfonamides is 1. The Balaban J connectivity index is 2.28. The van der Waals surface area contributed by atoms with E-state index in [9.17, 15) is 13.2 Å². The number of nitrogens with one attached hydrogen (secondary N) is 1. The van der Waals surface area contributed by atoms with E-state index in [0.717, 1.165) is 17.5 Å². The van der Waals surface area contributed by atoms with Crippen LogP contribution in [0, 0.1) is 0 Å². The van der Waals surface area contributed by atoms with Gasteiger partial charge in [0.15, 0.2) is 0 Å². The van der Waals surface area contributed by atoms with Crippen LogP contribution in [0.5, 0.6) is 0 Å². The molecular formula is C15H23N3O3S. The smallest absolute Gasteiger partial charge is 0.319 e. The number of urea groups is 1. The molecule has 1 N–H and O–H groups in total. The van der Waals surface area contributed by atoms with Gasteiger partial charge in [-0.3, -0.25) is 0 Å². The lowest BCUT2D eigenvalue weighted by Crippen LogP contribution is -2.42.